The third-order valence-electron chi connectivity index (χ3n) is 7.18. The first-order valence-electron chi connectivity index (χ1n) is 12.1. The summed E-state index contributed by atoms with van der Waals surface area (Å²) in [6, 6.07) is 10.9. The summed E-state index contributed by atoms with van der Waals surface area (Å²) in [5.74, 6) is 3.17. The zero-order chi connectivity index (χ0) is 26.3. The highest BCUT2D eigenvalue weighted by atomic mass is 79.9. The number of esters is 1. The number of hydrogen-bond donors (Lipinski definition) is 0. The monoisotopic (exact) mass is 568 g/mol. The lowest BCUT2D eigenvalue weighted by Gasteiger charge is -2.30. The summed E-state index contributed by atoms with van der Waals surface area (Å²) in [6.07, 6.45) is 1.57. The third-order valence-corrected chi connectivity index (χ3v) is 7.71. The smallest absolute Gasteiger partial charge is 0.343 e. The zero-order valence-electron chi connectivity index (χ0n) is 21.5. The van der Waals surface area contributed by atoms with Crippen molar-refractivity contribution in [2.75, 3.05) is 28.1 Å². The molecule has 7 nitrogen and oxygen atoms in total. The lowest BCUT2D eigenvalue weighted by atomic mass is 9.77. The van der Waals surface area contributed by atoms with Gasteiger partial charge in [-0.25, -0.2) is 4.79 Å². The normalized spacial score (nSPS) is 17.7. The molecule has 1 heterocycles. The van der Waals surface area contributed by atoms with Crippen molar-refractivity contribution in [1.82, 2.24) is 0 Å². The number of carbonyl (C=O) groups is 1. The van der Waals surface area contributed by atoms with Crippen LogP contribution in [0.1, 0.15) is 35.3 Å². The van der Waals surface area contributed by atoms with E-state index in [1.54, 1.807) is 38.5 Å². The highest BCUT2D eigenvalue weighted by Crippen LogP contribution is 2.56. The van der Waals surface area contributed by atoms with Gasteiger partial charge in [0, 0.05) is 15.6 Å². The molecule has 0 fully saturated rings. The zero-order valence-corrected chi connectivity index (χ0v) is 23.1. The van der Waals surface area contributed by atoms with Crippen LogP contribution in [0.25, 0.3) is 11.1 Å². The fourth-order valence-electron chi connectivity index (χ4n) is 5.10. The van der Waals surface area contributed by atoms with Gasteiger partial charge in [0.1, 0.15) is 0 Å². The van der Waals surface area contributed by atoms with Gasteiger partial charge in [0.05, 0.1) is 26.9 Å². The van der Waals surface area contributed by atoms with E-state index >= 15 is 0 Å². The number of methoxy groups -OCH3 is 3. The first-order valence-corrected chi connectivity index (χ1v) is 12.9. The van der Waals surface area contributed by atoms with Gasteiger partial charge in [0.25, 0.3) is 0 Å². The summed E-state index contributed by atoms with van der Waals surface area (Å²) in [5, 5.41) is 0. The molecule has 37 heavy (non-hydrogen) atoms. The lowest BCUT2D eigenvalue weighted by molar-refractivity contribution is 0.0729. The van der Waals surface area contributed by atoms with Crippen molar-refractivity contribution in [1.29, 1.82) is 0 Å². The van der Waals surface area contributed by atoms with E-state index in [0.717, 1.165) is 39.6 Å². The highest BCUT2D eigenvalue weighted by Gasteiger charge is 2.34. The topological polar surface area (TPSA) is 72.5 Å². The molecule has 194 valence electrons. The van der Waals surface area contributed by atoms with E-state index in [1.165, 1.54) is 7.11 Å². The van der Waals surface area contributed by atoms with E-state index in [-0.39, 0.29) is 6.79 Å². The minimum atomic E-state index is -0.485. The van der Waals surface area contributed by atoms with Crippen molar-refractivity contribution in [3.05, 3.63) is 57.6 Å². The molecule has 8 heteroatoms. The Labute approximate surface area is 224 Å². The average Bonchev–Trinajstić information content (AvgIpc) is 3.35. The van der Waals surface area contributed by atoms with Crippen LogP contribution in [0.2, 0.25) is 0 Å². The Bertz CT molecular complexity index is 1350. The summed E-state index contributed by atoms with van der Waals surface area (Å²) in [6.45, 7) is 4.61. The van der Waals surface area contributed by atoms with Gasteiger partial charge in [0.2, 0.25) is 18.3 Å². The molecule has 0 bridgehead atoms. The predicted octanol–water partition coefficient (Wildman–Crippen LogP) is 6.46. The van der Waals surface area contributed by atoms with Gasteiger partial charge in [-0.3, -0.25) is 0 Å². The van der Waals surface area contributed by atoms with Crippen LogP contribution in [0.5, 0.6) is 34.5 Å². The van der Waals surface area contributed by atoms with E-state index in [9.17, 15) is 4.79 Å². The molecule has 1 aliphatic heterocycles. The van der Waals surface area contributed by atoms with Crippen molar-refractivity contribution in [3.63, 3.8) is 0 Å². The van der Waals surface area contributed by atoms with E-state index in [1.807, 2.05) is 12.1 Å². The van der Waals surface area contributed by atoms with Crippen molar-refractivity contribution in [3.8, 4) is 45.6 Å². The number of hydrogen-bond acceptors (Lipinski definition) is 7. The van der Waals surface area contributed by atoms with Gasteiger partial charge in [-0.05, 0) is 72.2 Å². The van der Waals surface area contributed by atoms with Crippen molar-refractivity contribution in [2.45, 2.75) is 26.7 Å². The largest absolute Gasteiger partial charge is 0.492 e. The second kappa shape index (κ2) is 10.2. The Balaban J connectivity index is 1.74. The summed E-state index contributed by atoms with van der Waals surface area (Å²) in [7, 11) is 4.75. The van der Waals surface area contributed by atoms with E-state index in [4.69, 9.17) is 28.4 Å². The van der Waals surface area contributed by atoms with Crippen molar-refractivity contribution < 1.29 is 33.2 Å². The predicted molar refractivity (Wildman–Crippen MR) is 142 cm³/mol. The Kier molecular flexibility index (Phi) is 6.94. The summed E-state index contributed by atoms with van der Waals surface area (Å²) >= 11 is 3.40. The Morgan fingerprint density at radius 2 is 1.43 bits per heavy atom. The number of halogens is 1. The van der Waals surface area contributed by atoms with E-state index < -0.39 is 5.97 Å². The maximum absolute atomic E-state index is 13.0. The van der Waals surface area contributed by atoms with Crippen LogP contribution in [0.15, 0.2) is 40.9 Å². The highest BCUT2D eigenvalue weighted by molar-refractivity contribution is 9.10. The molecule has 2 aliphatic rings. The molecule has 2 atom stereocenters. The van der Waals surface area contributed by atoms with Crippen LogP contribution < -0.4 is 28.4 Å². The molecule has 5 rings (SSSR count). The molecule has 1 aliphatic carbocycles. The SMILES string of the molecule is COc1c(OC(=O)c2ccc(Br)cc2)cc2c(c1OC)-c1c(cc3c(c1OC)OCO3)C[C@@H](C)[C@@H](C)C2. The van der Waals surface area contributed by atoms with Crippen LogP contribution >= 0.6 is 15.9 Å². The van der Waals surface area contributed by atoms with Crippen LogP contribution in [0.3, 0.4) is 0 Å². The van der Waals surface area contributed by atoms with Crippen LogP contribution in [0.4, 0.5) is 0 Å². The molecule has 0 amide bonds. The molecule has 3 aromatic carbocycles. The number of fused-ring (bicyclic) bond motifs is 4. The minimum Gasteiger partial charge on any atom is -0.492 e. The van der Waals surface area contributed by atoms with E-state index in [0.29, 0.717) is 51.9 Å². The second-order valence-electron chi connectivity index (χ2n) is 9.41. The molecule has 0 N–H and O–H groups in total. The molecule has 0 spiro atoms. The van der Waals surface area contributed by atoms with Crippen LogP contribution in [-0.2, 0) is 12.8 Å². The molecular weight excluding hydrogens is 540 g/mol. The molecule has 0 saturated carbocycles. The number of benzene rings is 3. The molecule has 0 radical (unpaired) electrons. The second-order valence-corrected chi connectivity index (χ2v) is 10.3. The number of ether oxygens (including phenoxy) is 6. The summed E-state index contributed by atoms with van der Waals surface area (Å²) in [5.41, 5.74) is 4.18. The first-order chi connectivity index (χ1) is 17.9. The average molecular weight is 569 g/mol. The lowest BCUT2D eigenvalue weighted by Crippen LogP contribution is -2.18. The van der Waals surface area contributed by atoms with E-state index in [2.05, 4.69) is 29.8 Å². The maximum Gasteiger partial charge on any atom is 0.343 e. The van der Waals surface area contributed by atoms with Gasteiger partial charge in [-0.2, -0.15) is 0 Å². The summed E-state index contributed by atoms with van der Waals surface area (Å²) < 4.78 is 35.9. The molecule has 3 aromatic rings. The number of rotatable bonds is 5. The molecule has 0 aromatic heterocycles. The Morgan fingerprint density at radius 1 is 0.838 bits per heavy atom. The fourth-order valence-corrected chi connectivity index (χ4v) is 5.36. The van der Waals surface area contributed by atoms with Gasteiger partial charge in [-0.15, -0.1) is 0 Å². The maximum atomic E-state index is 13.0. The standard InChI is InChI=1S/C29H29BrO7/c1-15-10-18-12-21-26(36-14-35-21)28(34-5)24(18)23-19(11-16(15)2)13-22(25(32-3)27(23)33-4)37-29(31)17-6-8-20(30)9-7-17/h6-9,12-13,15-16H,10-11,14H2,1-5H3/t15-,16+/m1/s1. The van der Waals surface area contributed by atoms with Crippen molar-refractivity contribution in [2.24, 2.45) is 11.8 Å². The van der Waals surface area contributed by atoms with Crippen LogP contribution in [0, 0.1) is 11.8 Å². The van der Waals surface area contributed by atoms with Gasteiger partial charge < -0.3 is 28.4 Å². The first kappa shape index (κ1) is 25.3. The molecule has 0 unspecified atom stereocenters. The Hall–Kier alpha value is -3.39. The van der Waals surface area contributed by atoms with Crippen LogP contribution in [-0.4, -0.2) is 34.1 Å². The molecule has 0 saturated heterocycles. The van der Waals surface area contributed by atoms with Gasteiger partial charge in [0.15, 0.2) is 23.0 Å². The summed E-state index contributed by atoms with van der Waals surface area (Å²) in [4.78, 5) is 13.0. The van der Waals surface area contributed by atoms with Crippen molar-refractivity contribution >= 4 is 21.9 Å². The Morgan fingerprint density at radius 3 is 2.05 bits per heavy atom. The van der Waals surface area contributed by atoms with Gasteiger partial charge >= 0.3 is 5.97 Å². The quantitative estimate of drug-likeness (QED) is 0.258. The molecular formula is C29H29BrO7. The minimum absolute atomic E-state index is 0.138. The fraction of sp³-hybridized carbons (Fsp3) is 0.345. The third kappa shape index (κ3) is 4.48. The number of carbonyl (C=O) groups excluding carboxylic acids is 1. The van der Waals surface area contributed by atoms with Gasteiger partial charge in [-0.1, -0.05) is 29.8 Å².